The zero-order valence-electron chi connectivity index (χ0n) is 13.6. The molecule has 0 spiro atoms. The largest absolute Gasteiger partial charge is 0.388 e. The highest BCUT2D eigenvalue weighted by atomic mass is 79.9. The molecular formula is C21H19BrFNO. The zero-order chi connectivity index (χ0) is 17.6. The Morgan fingerprint density at radius 1 is 0.840 bits per heavy atom. The molecule has 0 aliphatic heterocycles. The summed E-state index contributed by atoms with van der Waals surface area (Å²) >= 11 is 3.45. The van der Waals surface area contributed by atoms with E-state index in [0.717, 1.165) is 21.3 Å². The van der Waals surface area contributed by atoms with Gasteiger partial charge in [-0.25, -0.2) is 4.39 Å². The number of aliphatic hydroxyl groups is 1. The first-order valence-electron chi connectivity index (χ1n) is 8.12. The van der Waals surface area contributed by atoms with Gasteiger partial charge in [-0.05, 0) is 47.5 Å². The average Bonchev–Trinajstić information content (AvgIpc) is 2.64. The molecule has 0 amide bonds. The van der Waals surface area contributed by atoms with Crippen molar-refractivity contribution in [1.29, 1.82) is 0 Å². The van der Waals surface area contributed by atoms with Crippen molar-refractivity contribution >= 4 is 21.6 Å². The van der Waals surface area contributed by atoms with Gasteiger partial charge in [0.1, 0.15) is 5.82 Å². The molecule has 2 unspecified atom stereocenters. The van der Waals surface area contributed by atoms with Crippen molar-refractivity contribution in [2.75, 3.05) is 5.32 Å². The molecule has 0 heterocycles. The van der Waals surface area contributed by atoms with E-state index in [1.165, 1.54) is 12.1 Å². The third-order valence-corrected chi connectivity index (χ3v) is 4.63. The number of hydrogen-bond acceptors (Lipinski definition) is 2. The Balaban J connectivity index is 1.83. The lowest BCUT2D eigenvalue weighted by Gasteiger charge is -2.23. The maximum Gasteiger partial charge on any atom is 0.123 e. The van der Waals surface area contributed by atoms with Gasteiger partial charge >= 0.3 is 0 Å². The predicted molar refractivity (Wildman–Crippen MR) is 103 cm³/mol. The molecule has 0 radical (unpaired) electrons. The minimum Gasteiger partial charge on any atom is -0.388 e. The van der Waals surface area contributed by atoms with Gasteiger partial charge in [0.25, 0.3) is 0 Å². The summed E-state index contributed by atoms with van der Waals surface area (Å²) in [5.74, 6) is -0.268. The van der Waals surface area contributed by atoms with Gasteiger partial charge in [0.05, 0.1) is 12.1 Å². The second-order valence-electron chi connectivity index (χ2n) is 5.92. The van der Waals surface area contributed by atoms with E-state index in [0.29, 0.717) is 6.42 Å². The molecular weight excluding hydrogens is 381 g/mol. The average molecular weight is 400 g/mol. The van der Waals surface area contributed by atoms with E-state index < -0.39 is 6.10 Å². The number of rotatable bonds is 6. The SMILES string of the molecule is OC(CC(Nc1ccc(F)cc1)c1ccc(Br)cc1)c1ccccc1. The minimum atomic E-state index is -0.595. The number of aliphatic hydroxyl groups excluding tert-OH is 1. The van der Waals surface area contributed by atoms with E-state index in [4.69, 9.17) is 0 Å². The number of anilines is 1. The van der Waals surface area contributed by atoms with Gasteiger partial charge < -0.3 is 10.4 Å². The van der Waals surface area contributed by atoms with Crippen molar-refractivity contribution in [3.63, 3.8) is 0 Å². The highest BCUT2D eigenvalue weighted by Crippen LogP contribution is 2.30. The first-order valence-corrected chi connectivity index (χ1v) is 8.92. The molecule has 2 N–H and O–H groups in total. The first-order chi connectivity index (χ1) is 12.1. The summed E-state index contributed by atoms with van der Waals surface area (Å²) in [5.41, 5.74) is 2.75. The van der Waals surface area contributed by atoms with Crippen LogP contribution < -0.4 is 5.32 Å². The van der Waals surface area contributed by atoms with Crippen LogP contribution in [0.3, 0.4) is 0 Å². The second-order valence-corrected chi connectivity index (χ2v) is 6.83. The van der Waals surface area contributed by atoms with Crippen LogP contribution in [0.15, 0.2) is 83.3 Å². The van der Waals surface area contributed by atoms with E-state index in [1.54, 1.807) is 12.1 Å². The summed E-state index contributed by atoms with van der Waals surface area (Å²) in [6.07, 6.45) is -0.0916. The third-order valence-electron chi connectivity index (χ3n) is 4.10. The molecule has 0 aliphatic carbocycles. The fraction of sp³-hybridized carbons (Fsp3) is 0.143. The van der Waals surface area contributed by atoms with Gasteiger partial charge in [-0.3, -0.25) is 0 Å². The van der Waals surface area contributed by atoms with Crippen LogP contribution in [0.5, 0.6) is 0 Å². The Labute approximate surface area is 155 Å². The summed E-state index contributed by atoms with van der Waals surface area (Å²) in [4.78, 5) is 0. The fourth-order valence-corrected chi connectivity index (χ4v) is 3.02. The molecule has 128 valence electrons. The van der Waals surface area contributed by atoms with Crippen LogP contribution >= 0.6 is 15.9 Å². The summed E-state index contributed by atoms with van der Waals surface area (Å²) < 4.78 is 14.2. The molecule has 25 heavy (non-hydrogen) atoms. The standard InChI is InChI=1S/C21H19BrFNO/c22-17-8-6-15(7-9-17)20(24-19-12-10-18(23)11-13-19)14-21(25)16-4-2-1-3-5-16/h1-13,20-21,24-25H,14H2. The van der Waals surface area contributed by atoms with Gasteiger partial charge in [0.2, 0.25) is 0 Å². The second kappa shape index (κ2) is 8.28. The van der Waals surface area contributed by atoms with Crippen LogP contribution in [0.1, 0.15) is 29.7 Å². The molecule has 3 rings (SSSR count). The van der Waals surface area contributed by atoms with Crippen LogP contribution in [0.25, 0.3) is 0 Å². The van der Waals surface area contributed by atoms with Crippen molar-refractivity contribution in [3.8, 4) is 0 Å². The normalized spacial score (nSPS) is 13.2. The van der Waals surface area contributed by atoms with Gasteiger partial charge in [-0.15, -0.1) is 0 Å². The maximum atomic E-state index is 13.1. The number of benzene rings is 3. The fourth-order valence-electron chi connectivity index (χ4n) is 2.76. The summed E-state index contributed by atoms with van der Waals surface area (Å²) in [7, 11) is 0. The van der Waals surface area contributed by atoms with Crippen LogP contribution in [0.4, 0.5) is 10.1 Å². The van der Waals surface area contributed by atoms with Gasteiger partial charge in [-0.2, -0.15) is 0 Å². The highest BCUT2D eigenvalue weighted by molar-refractivity contribution is 9.10. The Kier molecular flexibility index (Phi) is 5.84. The Morgan fingerprint density at radius 2 is 1.48 bits per heavy atom. The molecule has 4 heteroatoms. The van der Waals surface area contributed by atoms with Gasteiger partial charge in [0.15, 0.2) is 0 Å². The van der Waals surface area contributed by atoms with Crippen molar-refractivity contribution < 1.29 is 9.50 Å². The number of hydrogen-bond donors (Lipinski definition) is 2. The minimum absolute atomic E-state index is 0.103. The Hall–Kier alpha value is -2.17. The molecule has 0 fully saturated rings. The highest BCUT2D eigenvalue weighted by Gasteiger charge is 2.18. The van der Waals surface area contributed by atoms with Crippen molar-refractivity contribution in [1.82, 2.24) is 0 Å². The van der Waals surface area contributed by atoms with Crippen LogP contribution in [-0.4, -0.2) is 5.11 Å². The molecule has 2 atom stereocenters. The molecule has 0 aromatic heterocycles. The lowest BCUT2D eigenvalue weighted by Crippen LogP contribution is -2.15. The number of halogens is 2. The smallest absolute Gasteiger partial charge is 0.123 e. The first kappa shape index (κ1) is 17.6. The van der Waals surface area contributed by atoms with E-state index in [9.17, 15) is 9.50 Å². The predicted octanol–water partition coefficient (Wildman–Crippen LogP) is 5.87. The van der Waals surface area contributed by atoms with Gasteiger partial charge in [0, 0.05) is 16.6 Å². The van der Waals surface area contributed by atoms with E-state index >= 15 is 0 Å². The lowest BCUT2D eigenvalue weighted by atomic mass is 9.96. The molecule has 0 aliphatic rings. The monoisotopic (exact) mass is 399 g/mol. The molecule has 3 aromatic carbocycles. The van der Waals surface area contributed by atoms with Crippen molar-refractivity contribution in [2.45, 2.75) is 18.6 Å². The van der Waals surface area contributed by atoms with Crippen molar-refractivity contribution in [2.24, 2.45) is 0 Å². The molecule has 0 bridgehead atoms. The number of nitrogens with one attached hydrogen (secondary N) is 1. The van der Waals surface area contributed by atoms with Crippen LogP contribution in [0, 0.1) is 5.82 Å². The lowest BCUT2D eigenvalue weighted by molar-refractivity contribution is 0.160. The Bertz CT molecular complexity index is 790. The van der Waals surface area contributed by atoms with Crippen molar-refractivity contribution in [3.05, 3.63) is 100 Å². The molecule has 3 aromatic rings. The molecule has 0 saturated carbocycles. The summed E-state index contributed by atoms with van der Waals surface area (Å²) in [5, 5.41) is 14.0. The van der Waals surface area contributed by atoms with E-state index in [2.05, 4.69) is 21.2 Å². The quantitative estimate of drug-likeness (QED) is 0.543. The third kappa shape index (κ3) is 4.91. The topological polar surface area (TPSA) is 32.3 Å². The maximum absolute atomic E-state index is 13.1. The summed E-state index contributed by atoms with van der Waals surface area (Å²) in [6.45, 7) is 0. The molecule has 2 nitrogen and oxygen atoms in total. The van der Waals surface area contributed by atoms with E-state index in [1.807, 2.05) is 54.6 Å². The molecule has 0 saturated heterocycles. The van der Waals surface area contributed by atoms with Gasteiger partial charge in [-0.1, -0.05) is 58.4 Å². The van der Waals surface area contributed by atoms with Crippen LogP contribution in [-0.2, 0) is 0 Å². The zero-order valence-corrected chi connectivity index (χ0v) is 15.2. The van der Waals surface area contributed by atoms with E-state index in [-0.39, 0.29) is 11.9 Å². The summed E-state index contributed by atoms with van der Waals surface area (Å²) in [6, 6.07) is 23.7. The Morgan fingerprint density at radius 3 is 2.12 bits per heavy atom. The van der Waals surface area contributed by atoms with Crippen LogP contribution in [0.2, 0.25) is 0 Å².